The average molecular weight is 339 g/mol. The third kappa shape index (κ3) is 3.78. The van der Waals surface area contributed by atoms with Crippen molar-refractivity contribution in [3.63, 3.8) is 0 Å². The summed E-state index contributed by atoms with van der Waals surface area (Å²) in [4.78, 5) is 19.7. The van der Waals surface area contributed by atoms with Crippen molar-refractivity contribution in [3.8, 4) is 21.8 Å². The molecule has 0 saturated carbocycles. The van der Waals surface area contributed by atoms with E-state index in [4.69, 9.17) is 10.1 Å². The van der Waals surface area contributed by atoms with E-state index in [0.717, 1.165) is 40.4 Å². The smallest absolute Gasteiger partial charge is 0.409 e. The lowest BCUT2D eigenvalue weighted by Gasteiger charge is -2.02. The summed E-state index contributed by atoms with van der Waals surface area (Å²) < 4.78 is 0. The third-order valence-corrected chi connectivity index (χ3v) is 4.40. The van der Waals surface area contributed by atoms with Gasteiger partial charge in [-0.1, -0.05) is 25.5 Å². The highest BCUT2D eigenvalue weighted by molar-refractivity contribution is 7.13. The van der Waals surface area contributed by atoms with Crippen LogP contribution in [0.3, 0.4) is 0 Å². The molecule has 122 valence electrons. The Morgan fingerprint density at radius 1 is 1.21 bits per heavy atom. The second-order valence-corrected chi connectivity index (χ2v) is 6.19. The van der Waals surface area contributed by atoms with Crippen LogP contribution in [-0.4, -0.2) is 21.2 Å². The fraction of sp³-hybridized carbons (Fsp3) is 0.167. The predicted octanol–water partition coefficient (Wildman–Crippen LogP) is 4.91. The van der Waals surface area contributed by atoms with Crippen molar-refractivity contribution in [1.29, 1.82) is 0 Å². The van der Waals surface area contributed by atoms with Crippen LogP contribution in [0.5, 0.6) is 0 Å². The molecule has 0 aliphatic rings. The molecule has 0 aliphatic heterocycles. The van der Waals surface area contributed by atoms with E-state index in [-0.39, 0.29) is 0 Å². The number of pyridine rings is 1. The summed E-state index contributed by atoms with van der Waals surface area (Å²) in [6, 6.07) is 11.2. The minimum atomic E-state index is -1.07. The van der Waals surface area contributed by atoms with Crippen molar-refractivity contribution in [1.82, 2.24) is 9.97 Å². The molecule has 3 aromatic rings. The molecule has 0 fully saturated rings. The Balaban J connectivity index is 1.82. The molecule has 3 rings (SSSR count). The predicted molar refractivity (Wildman–Crippen MR) is 96.4 cm³/mol. The lowest BCUT2D eigenvalue weighted by molar-refractivity contribution is 0.210. The number of benzene rings is 1. The normalized spacial score (nSPS) is 10.5. The van der Waals surface area contributed by atoms with Crippen molar-refractivity contribution < 1.29 is 9.90 Å². The first-order chi connectivity index (χ1) is 11.7. The van der Waals surface area contributed by atoms with Crippen molar-refractivity contribution in [2.24, 2.45) is 0 Å². The monoisotopic (exact) mass is 339 g/mol. The summed E-state index contributed by atoms with van der Waals surface area (Å²) in [5.74, 6) is 0. The third-order valence-electron chi connectivity index (χ3n) is 3.51. The second-order valence-electron chi connectivity index (χ2n) is 5.33. The van der Waals surface area contributed by atoms with Gasteiger partial charge in [0.1, 0.15) is 5.01 Å². The highest BCUT2D eigenvalue weighted by atomic mass is 32.1. The van der Waals surface area contributed by atoms with Crippen molar-refractivity contribution in [2.45, 2.75) is 19.8 Å². The molecule has 0 spiro atoms. The fourth-order valence-corrected chi connectivity index (χ4v) is 3.22. The first-order valence-corrected chi connectivity index (χ1v) is 8.55. The summed E-state index contributed by atoms with van der Waals surface area (Å²) in [6.07, 6.45) is 2.79. The zero-order valence-corrected chi connectivity index (χ0v) is 14.0. The van der Waals surface area contributed by atoms with Crippen LogP contribution in [0.4, 0.5) is 10.5 Å². The van der Waals surface area contributed by atoms with Crippen LogP contribution in [0.25, 0.3) is 21.8 Å². The molecule has 0 aliphatic carbocycles. The Bertz CT molecular complexity index is 843. The number of amides is 1. The van der Waals surface area contributed by atoms with Gasteiger partial charge in [0, 0.05) is 34.1 Å². The number of hydrogen-bond donors (Lipinski definition) is 2. The van der Waals surface area contributed by atoms with Crippen LogP contribution in [0, 0.1) is 0 Å². The van der Waals surface area contributed by atoms with Gasteiger partial charge in [-0.2, -0.15) is 0 Å². The van der Waals surface area contributed by atoms with Crippen molar-refractivity contribution in [3.05, 3.63) is 53.7 Å². The van der Waals surface area contributed by atoms with Crippen LogP contribution >= 0.6 is 11.3 Å². The van der Waals surface area contributed by atoms with Gasteiger partial charge in [-0.3, -0.25) is 10.3 Å². The minimum Gasteiger partial charge on any atom is -0.465 e. The molecule has 2 N–H and O–H groups in total. The number of hydrogen-bond acceptors (Lipinski definition) is 4. The van der Waals surface area contributed by atoms with Gasteiger partial charge in [0.15, 0.2) is 0 Å². The Morgan fingerprint density at radius 3 is 2.71 bits per heavy atom. The van der Waals surface area contributed by atoms with Crippen LogP contribution in [0.15, 0.2) is 48.0 Å². The molecule has 2 heterocycles. The quantitative estimate of drug-likeness (QED) is 0.692. The Kier molecular flexibility index (Phi) is 4.86. The maximum absolute atomic E-state index is 10.6. The SMILES string of the molecule is CCCc1cc(-c2nc(-c3ccc(NC(=O)O)cc3)cs2)ccn1. The van der Waals surface area contributed by atoms with E-state index >= 15 is 0 Å². The molecule has 0 saturated heterocycles. The summed E-state index contributed by atoms with van der Waals surface area (Å²) in [5.41, 5.74) is 4.53. The van der Waals surface area contributed by atoms with Gasteiger partial charge < -0.3 is 5.11 Å². The highest BCUT2D eigenvalue weighted by Crippen LogP contribution is 2.29. The van der Waals surface area contributed by atoms with Gasteiger partial charge in [0.2, 0.25) is 0 Å². The molecule has 5 nitrogen and oxygen atoms in total. The van der Waals surface area contributed by atoms with Crippen LogP contribution < -0.4 is 5.32 Å². The molecule has 1 aromatic carbocycles. The van der Waals surface area contributed by atoms with E-state index in [1.165, 1.54) is 0 Å². The zero-order valence-electron chi connectivity index (χ0n) is 13.2. The summed E-state index contributed by atoms with van der Waals surface area (Å²) in [6.45, 7) is 2.14. The van der Waals surface area contributed by atoms with E-state index in [1.54, 1.807) is 23.5 Å². The van der Waals surface area contributed by atoms with Gasteiger partial charge in [0.05, 0.1) is 5.69 Å². The molecular formula is C18H17N3O2S. The van der Waals surface area contributed by atoms with Crippen molar-refractivity contribution >= 4 is 23.1 Å². The van der Waals surface area contributed by atoms with E-state index in [2.05, 4.69) is 23.3 Å². The largest absolute Gasteiger partial charge is 0.465 e. The van der Waals surface area contributed by atoms with Gasteiger partial charge >= 0.3 is 6.09 Å². The van der Waals surface area contributed by atoms with Crippen molar-refractivity contribution in [2.75, 3.05) is 5.32 Å². The second kappa shape index (κ2) is 7.23. The van der Waals surface area contributed by atoms with Gasteiger partial charge in [0.25, 0.3) is 0 Å². The molecule has 0 atom stereocenters. The first kappa shape index (κ1) is 16.1. The van der Waals surface area contributed by atoms with E-state index in [9.17, 15) is 4.79 Å². The number of anilines is 1. The standard InChI is InChI=1S/C18H17N3O2S/c1-2-3-15-10-13(8-9-19-15)17-21-16(11-24-17)12-4-6-14(7-5-12)20-18(22)23/h4-11,20H,2-3H2,1H3,(H,22,23). The lowest BCUT2D eigenvalue weighted by Crippen LogP contribution is -2.06. The fourth-order valence-electron chi connectivity index (χ4n) is 2.39. The maximum atomic E-state index is 10.6. The molecule has 6 heteroatoms. The van der Waals surface area contributed by atoms with Gasteiger partial charge in [-0.25, -0.2) is 9.78 Å². The molecule has 0 radical (unpaired) electrons. The molecule has 0 unspecified atom stereocenters. The summed E-state index contributed by atoms with van der Waals surface area (Å²) in [7, 11) is 0. The Hall–Kier alpha value is -2.73. The van der Waals surface area contributed by atoms with E-state index in [0.29, 0.717) is 5.69 Å². The molecular weight excluding hydrogens is 322 g/mol. The number of thiazole rings is 1. The number of nitrogens with one attached hydrogen (secondary N) is 1. The number of nitrogens with zero attached hydrogens (tertiary/aromatic N) is 2. The number of rotatable bonds is 5. The van der Waals surface area contributed by atoms with E-state index < -0.39 is 6.09 Å². The zero-order chi connectivity index (χ0) is 16.9. The Labute approximate surface area is 144 Å². The molecule has 0 bridgehead atoms. The number of carboxylic acid groups (broad SMARTS) is 1. The number of carbonyl (C=O) groups is 1. The maximum Gasteiger partial charge on any atom is 0.409 e. The minimum absolute atomic E-state index is 0.542. The van der Waals surface area contributed by atoms with Crippen LogP contribution in [0.1, 0.15) is 19.0 Å². The molecule has 2 aromatic heterocycles. The highest BCUT2D eigenvalue weighted by Gasteiger charge is 2.08. The molecule has 24 heavy (non-hydrogen) atoms. The first-order valence-electron chi connectivity index (χ1n) is 7.67. The van der Waals surface area contributed by atoms with Gasteiger partial charge in [-0.15, -0.1) is 11.3 Å². The summed E-state index contributed by atoms with van der Waals surface area (Å²) >= 11 is 1.59. The Morgan fingerprint density at radius 2 is 2.00 bits per heavy atom. The summed E-state index contributed by atoms with van der Waals surface area (Å²) in [5, 5.41) is 14.0. The van der Waals surface area contributed by atoms with Gasteiger partial charge in [-0.05, 0) is 30.7 Å². The lowest BCUT2D eigenvalue weighted by atomic mass is 10.1. The van der Waals surface area contributed by atoms with E-state index in [1.807, 2.05) is 29.8 Å². The number of aromatic nitrogens is 2. The average Bonchev–Trinajstić information content (AvgIpc) is 3.06. The van der Waals surface area contributed by atoms with Crippen LogP contribution in [-0.2, 0) is 6.42 Å². The van der Waals surface area contributed by atoms with Crippen LogP contribution in [0.2, 0.25) is 0 Å². The number of aryl methyl sites for hydroxylation is 1. The molecule has 1 amide bonds. The topological polar surface area (TPSA) is 75.1 Å².